The van der Waals surface area contributed by atoms with Crippen LogP contribution in [-0.2, 0) is 26.6 Å². The van der Waals surface area contributed by atoms with E-state index in [1.165, 1.54) is 16.5 Å². The molecule has 5 nitrogen and oxygen atoms in total. The Hall–Kier alpha value is -2.40. The average Bonchev–Trinajstić information content (AvgIpc) is 2.84. The fraction of sp³-hybridized carbons (Fsp3) is 0.294. The second kappa shape index (κ2) is 5.10. The third-order valence-electron chi connectivity index (χ3n) is 4.49. The lowest BCUT2D eigenvalue weighted by atomic mass is 10.0. The van der Waals surface area contributed by atoms with Gasteiger partial charge in [0.05, 0.1) is 5.69 Å². The highest BCUT2D eigenvalue weighted by molar-refractivity contribution is 5.83. The van der Waals surface area contributed by atoms with Gasteiger partial charge in [0.15, 0.2) is 0 Å². The Labute approximate surface area is 129 Å². The number of aryl methyl sites for hydroxylation is 1. The van der Waals surface area contributed by atoms with Crippen LogP contribution in [0.3, 0.4) is 0 Å². The van der Waals surface area contributed by atoms with Gasteiger partial charge in [0.1, 0.15) is 12.1 Å². The normalized spacial score (nSPS) is 15.1. The molecule has 0 unspecified atom stereocenters. The van der Waals surface area contributed by atoms with Crippen molar-refractivity contribution in [2.45, 2.75) is 19.5 Å². The first-order valence-corrected chi connectivity index (χ1v) is 7.56. The van der Waals surface area contributed by atoms with E-state index in [9.17, 15) is 0 Å². The van der Waals surface area contributed by atoms with E-state index in [0.29, 0.717) is 5.82 Å². The van der Waals surface area contributed by atoms with Crippen molar-refractivity contribution >= 4 is 16.7 Å². The number of nitrogens with two attached hydrogens (primary N) is 1. The number of anilines is 1. The monoisotopic (exact) mass is 293 g/mol. The van der Waals surface area contributed by atoms with E-state index < -0.39 is 0 Å². The molecule has 0 aliphatic carbocycles. The lowest BCUT2D eigenvalue weighted by Gasteiger charge is -2.28. The van der Waals surface area contributed by atoms with Crippen molar-refractivity contribution in [2.24, 2.45) is 7.05 Å². The molecule has 0 spiro atoms. The lowest BCUT2D eigenvalue weighted by Crippen LogP contribution is -2.31. The van der Waals surface area contributed by atoms with E-state index >= 15 is 0 Å². The highest BCUT2D eigenvalue weighted by Gasteiger charge is 2.20. The zero-order chi connectivity index (χ0) is 15.1. The van der Waals surface area contributed by atoms with Gasteiger partial charge in [-0.05, 0) is 18.1 Å². The van der Waals surface area contributed by atoms with Gasteiger partial charge in [0.25, 0.3) is 0 Å². The van der Waals surface area contributed by atoms with Gasteiger partial charge < -0.3 is 10.3 Å². The van der Waals surface area contributed by atoms with Crippen molar-refractivity contribution in [1.82, 2.24) is 19.4 Å². The van der Waals surface area contributed by atoms with Crippen molar-refractivity contribution in [3.8, 4) is 0 Å². The Kier molecular flexibility index (Phi) is 3.08. The zero-order valence-corrected chi connectivity index (χ0v) is 12.7. The molecule has 3 aromatic rings. The van der Waals surface area contributed by atoms with E-state index in [1.807, 2.05) is 0 Å². The minimum atomic E-state index is 0.634. The van der Waals surface area contributed by atoms with E-state index in [0.717, 1.165) is 37.3 Å². The standard InChI is InChI=1S/C17H19N5/c1-21-8-12(13-4-2-3-5-16(13)21)9-22-7-6-14-15(10-22)19-11-20-17(14)18/h2-5,8,11H,6-7,9-10H2,1H3,(H2,18,19,20). The molecule has 4 rings (SSSR count). The highest BCUT2D eigenvalue weighted by Crippen LogP contribution is 2.25. The SMILES string of the molecule is Cn1cc(CN2CCc3c(N)ncnc3C2)c2ccccc21. The molecule has 0 radical (unpaired) electrons. The van der Waals surface area contributed by atoms with Crippen molar-refractivity contribution in [1.29, 1.82) is 0 Å². The van der Waals surface area contributed by atoms with Gasteiger partial charge in [-0.3, -0.25) is 4.90 Å². The molecule has 22 heavy (non-hydrogen) atoms. The summed E-state index contributed by atoms with van der Waals surface area (Å²) in [7, 11) is 2.10. The van der Waals surface area contributed by atoms with Crippen molar-refractivity contribution in [2.75, 3.05) is 12.3 Å². The minimum absolute atomic E-state index is 0.634. The zero-order valence-electron chi connectivity index (χ0n) is 12.7. The van der Waals surface area contributed by atoms with Crippen LogP contribution in [0.5, 0.6) is 0 Å². The van der Waals surface area contributed by atoms with Crippen molar-refractivity contribution < 1.29 is 0 Å². The van der Waals surface area contributed by atoms with Crippen molar-refractivity contribution in [3.63, 3.8) is 0 Å². The summed E-state index contributed by atoms with van der Waals surface area (Å²) in [6.07, 6.45) is 4.72. The van der Waals surface area contributed by atoms with Gasteiger partial charge in [-0.15, -0.1) is 0 Å². The Morgan fingerprint density at radius 1 is 1.23 bits per heavy atom. The highest BCUT2D eigenvalue weighted by atomic mass is 15.1. The molecule has 1 aliphatic heterocycles. The Morgan fingerprint density at radius 2 is 2.09 bits per heavy atom. The van der Waals surface area contributed by atoms with E-state index in [4.69, 9.17) is 5.73 Å². The number of hydrogen-bond donors (Lipinski definition) is 1. The predicted molar refractivity (Wildman–Crippen MR) is 87.2 cm³/mol. The summed E-state index contributed by atoms with van der Waals surface area (Å²) < 4.78 is 2.20. The fourth-order valence-corrected chi connectivity index (χ4v) is 3.36. The molecule has 1 aromatic carbocycles. The first-order chi connectivity index (χ1) is 10.7. The Bertz CT molecular complexity index is 836. The maximum absolute atomic E-state index is 5.94. The number of aromatic nitrogens is 3. The van der Waals surface area contributed by atoms with E-state index in [2.05, 4.69) is 56.9 Å². The molecular formula is C17H19N5. The molecule has 2 aromatic heterocycles. The number of rotatable bonds is 2. The van der Waals surface area contributed by atoms with Gasteiger partial charge >= 0.3 is 0 Å². The van der Waals surface area contributed by atoms with Crippen LogP contribution in [0.15, 0.2) is 36.8 Å². The average molecular weight is 293 g/mol. The molecule has 0 bridgehead atoms. The summed E-state index contributed by atoms with van der Waals surface area (Å²) in [6.45, 7) is 2.77. The van der Waals surface area contributed by atoms with Crippen LogP contribution in [0.1, 0.15) is 16.8 Å². The topological polar surface area (TPSA) is 60.0 Å². The van der Waals surface area contributed by atoms with Gasteiger partial charge in [-0.1, -0.05) is 18.2 Å². The molecular weight excluding hydrogens is 274 g/mol. The third kappa shape index (κ3) is 2.14. The van der Waals surface area contributed by atoms with Crippen LogP contribution >= 0.6 is 0 Å². The quantitative estimate of drug-likeness (QED) is 0.786. The van der Waals surface area contributed by atoms with Crippen LogP contribution in [0, 0.1) is 0 Å². The molecule has 2 N–H and O–H groups in total. The Balaban J connectivity index is 1.62. The van der Waals surface area contributed by atoms with Crippen LogP contribution in [0.4, 0.5) is 5.82 Å². The summed E-state index contributed by atoms with van der Waals surface area (Å²) in [5.41, 5.74) is 10.8. The molecule has 0 amide bonds. The Morgan fingerprint density at radius 3 is 3.00 bits per heavy atom. The maximum Gasteiger partial charge on any atom is 0.130 e. The summed E-state index contributed by atoms with van der Waals surface area (Å²) in [5.74, 6) is 0.634. The summed E-state index contributed by atoms with van der Waals surface area (Å²) in [5, 5.41) is 1.33. The molecule has 0 saturated carbocycles. The second-order valence-electron chi connectivity index (χ2n) is 5.93. The number of hydrogen-bond acceptors (Lipinski definition) is 4. The summed E-state index contributed by atoms with van der Waals surface area (Å²) in [4.78, 5) is 10.9. The van der Waals surface area contributed by atoms with Gasteiger partial charge in [0.2, 0.25) is 0 Å². The van der Waals surface area contributed by atoms with Crippen LogP contribution in [-0.4, -0.2) is 26.0 Å². The van der Waals surface area contributed by atoms with Crippen LogP contribution < -0.4 is 5.73 Å². The number of benzene rings is 1. The van der Waals surface area contributed by atoms with E-state index in [-0.39, 0.29) is 0 Å². The largest absolute Gasteiger partial charge is 0.383 e. The minimum Gasteiger partial charge on any atom is -0.383 e. The first-order valence-electron chi connectivity index (χ1n) is 7.56. The molecule has 3 heterocycles. The predicted octanol–water partition coefficient (Wildman–Crippen LogP) is 2.11. The molecule has 0 atom stereocenters. The van der Waals surface area contributed by atoms with Crippen LogP contribution in [0.2, 0.25) is 0 Å². The van der Waals surface area contributed by atoms with Gasteiger partial charge in [-0.25, -0.2) is 9.97 Å². The van der Waals surface area contributed by atoms with E-state index in [1.54, 1.807) is 6.33 Å². The fourth-order valence-electron chi connectivity index (χ4n) is 3.36. The van der Waals surface area contributed by atoms with Gasteiger partial charge in [0, 0.05) is 49.3 Å². The molecule has 1 aliphatic rings. The molecule has 112 valence electrons. The number of nitrogen functional groups attached to an aromatic ring is 1. The third-order valence-corrected chi connectivity index (χ3v) is 4.49. The lowest BCUT2D eigenvalue weighted by molar-refractivity contribution is 0.242. The number of para-hydroxylation sites is 1. The molecule has 5 heteroatoms. The van der Waals surface area contributed by atoms with Crippen molar-refractivity contribution in [3.05, 3.63) is 53.6 Å². The maximum atomic E-state index is 5.94. The number of nitrogens with zero attached hydrogens (tertiary/aromatic N) is 4. The summed E-state index contributed by atoms with van der Waals surface area (Å²) in [6, 6.07) is 8.55. The van der Waals surface area contributed by atoms with Gasteiger partial charge in [-0.2, -0.15) is 0 Å². The number of fused-ring (bicyclic) bond motifs is 2. The summed E-state index contributed by atoms with van der Waals surface area (Å²) >= 11 is 0. The van der Waals surface area contributed by atoms with Crippen LogP contribution in [0.25, 0.3) is 10.9 Å². The molecule has 0 saturated heterocycles. The smallest absolute Gasteiger partial charge is 0.130 e. The first kappa shape index (κ1) is 13.3. The second-order valence-corrected chi connectivity index (χ2v) is 5.93. The molecule has 0 fully saturated rings.